The maximum atomic E-state index is 13.1. The van der Waals surface area contributed by atoms with Gasteiger partial charge in [-0.2, -0.15) is 13.2 Å². The van der Waals surface area contributed by atoms with Gasteiger partial charge in [0.25, 0.3) is 0 Å². The number of hydrogen-bond donors (Lipinski definition) is 0. The van der Waals surface area contributed by atoms with Crippen LogP contribution in [0.3, 0.4) is 0 Å². The van der Waals surface area contributed by atoms with Crippen molar-refractivity contribution < 1.29 is 22.8 Å². The fraction of sp³-hybridized carbons (Fsp3) is 0.174. The van der Waals surface area contributed by atoms with Crippen molar-refractivity contribution in [2.45, 2.75) is 26.9 Å². The van der Waals surface area contributed by atoms with Gasteiger partial charge in [-0.3, -0.25) is 14.5 Å². The molecule has 0 spiro atoms. The largest absolute Gasteiger partial charge is 0.417 e. The number of aromatic nitrogens is 1. The van der Waals surface area contributed by atoms with Crippen LogP contribution < -0.4 is 4.90 Å². The fourth-order valence-corrected chi connectivity index (χ4v) is 3.88. The van der Waals surface area contributed by atoms with Crippen LogP contribution in [0.5, 0.6) is 0 Å². The number of carbonyl (C=O) groups is 2. The Morgan fingerprint density at radius 3 is 2.45 bits per heavy atom. The maximum absolute atomic E-state index is 13.1. The molecular weight excluding hydrogens is 425 g/mol. The van der Waals surface area contributed by atoms with Crippen molar-refractivity contribution in [2.24, 2.45) is 0 Å². The minimum absolute atomic E-state index is 0.228. The van der Waals surface area contributed by atoms with Crippen LogP contribution in [0.15, 0.2) is 53.9 Å². The molecule has 0 bridgehead atoms. The molecule has 0 fully saturated rings. The van der Waals surface area contributed by atoms with E-state index in [0.717, 1.165) is 29.3 Å². The highest BCUT2D eigenvalue weighted by Gasteiger charge is 2.34. The van der Waals surface area contributed by atoms with Gasteiger partial charge < -0.3 is 0 Å². The molecule has 0 aliphatic heterocycles. The number of carbonyl (C=O) groups excluding carboxylic acids is 2. The van der Waals surface area contributed by atoms with Gasteiger partial charge >= 0.3 is 6.18 Å². The van der Waals surface area contributed by atoms with Crippen molar-refractivity contribution in [1.29, 1.82) is 0 Å². The molecule has 4 nitrogen and oxygen atoms in total. The van der Waals surface area contributed by atoms with Gasteiger partial charge in [0.2, 0.25) is 5.91 Å². The number of anilines is 2. The third-order valence-electron chi connectivity index (χ3n) is 4.74. The third kappa shape index (κ3) is 4.91. The van der Waals surface area contributed by atoms with Crippen molar-refractivity contribution >= 4 is 39.9 Å². The Kier molecular flexibility index (Phi) is 6.40. The summed E-state index contributed by atoms with van der Waals surface area (Å²) >= 11 is 1.20. The normalized spacial score (nSPS) is 11.7. The second-order valence-electron chi connectivity index (χ2n) is 6.87. The first-order chi connectivity index (χ1) is 14.6. The highest BCUT2D eigenvalue weighted by Crippen LogP contribution is 2.34. The molecule has 0 radical (unpaired) electrons. The zero-order valence-corrected chi connectivity index (χ0v) is 17.8. The number of thiazole rings is 1. The van der Waals surface area contributed by atoms with E-state index in [2.05, 4.69) is 4.98 Å². The Morgan fingerprint density at radius 2 is 1.77 bits per heavy atom. The molecule has 0 atom stereocenters. The third-order valence-corrected chi connectivity index (χ3v) is 5.58. The van der Waals surface area contributed by atoms with E-state index >= 15 is 0 Å². The predicted octanol–water partition coefficient (Wildman–Crippen LogP) is 6.36. The lowest BCUT2D eigenvalue weighted by atomic mass is 10.0. The molecule has 3 aromatic rings. The smallest absolute Gasteiger partial charge is 0.289 e. The molecule has 0 aliphatic rings. The Labute approximate surface area is 181 Å². The molecule has 1 amide bonds. The van der Waals surface area contributed by atoms with Crippen LogP contribution in [-0.4, -0.2) is 16.7 Å². The first-order valence-corrected chi connectivity index (χ1v) is 10.2. The summed E-state index contributed by atoms with van der Waals surface area (Å²) in [5.41, 5.74) is 1.61. The van der Waals surface area contributed by atoms with E-state index in [9.17, 15) is 22.8 Å². The molecule has 8 heteroatoms. The monoisotopic (exact) mass is 444 g/mol. The molecule has 0 unspecified atom stereocenters. The van der Waals surface area contributed by atoms with Gasteiger partial charge in [-0.25, -0.2) is 4.98 Å². The standard InChI is InChI=1S/C23H19F3N2O2S/c1-14-7-6-10-20(15(14)2)28(16(3)29)22-27-17(13-31-22)11-12-21(30)18-8-4-5-9-19(18)23(24,25)26/h4-13H,1-3H3. The lowest BCUT2D eigenvalue weighted by Gasteiger charge is -2.21. The average molecular weight is 444 g/mol. The molecule has 3 rings (SSSR count). The zero-order chi connectivity index (χ0) is 22.8. The van der Waals surface area contributed by atoms with Crippen LogP contribution in [-0.2, 0) is 11.0 Å². The number of alkyl halides is 3. The molecule has 2 aromatic carbocycles. The zero-order valence-electron chi connectivity index (χ0n) is 17.0. The number of rotatable bonds is 5. The molecule has 31 heavy (non-hydrogen) atoms. The highest BCUT2D eigenvalue weighted by molar-refractivity contribution is 7.14. The Bertz CT molecular complexity index is 1170. The number of allylic oxidation sites excluding steroid dienone is 1. The summed E-state index contributed by atoms with van der Waals surface area (Å²) in [5, 5.41) is 2.04. The van der Waals surface area contributed by atoms with Gasteiger partial charge in [-0.1, -0.05) is 30.3 Å². The summed E-state index contributed by atoms with van der Waals surface area (Å²) < 4.78 is 39.4. The van der Waals surface area contributed by atoms with E-state index in [4.69, 9.17) is 0 Å². The molecule has 0 saturated heterocycles. The van der Waals surface area contributed by atoms with Gasteiger partial charge in [-0.05, 0) is 49.3 Å². The average Bonchev–Trinajstić information content (AvgIpc) is 3.17. The molecular formula is C23H19F3N2O2S. The summed E-state index contributed by atoms with van der Waals surface area (Å²) in [4.78, 5) is 30.5. The predicted molar refractivity (Wildman–Crippen MR) is 116 cm³/mol. The molecule has 0 saturated carbocycles. The van der Waals surface area contributed by atoms with Gasteiger partial charge in [0.15, 0.2) is 10.9 Å². The van der Waals surface area contributed by atoms with Crippen LogP contribution in [0, 0.1) is 13.8 Å². The minimum Gasteiger partial charge on any atom is -0.289 e. The van der Waals surface area contributed by atoms with E-state index in [0.29, 0.717) is 16.5 Å². The first kappa shape index (κ1) is 22.4. The van der Waals surface area contributed by atoms with Crippen molar-refractivity contribution in [3.05, 3.63) is 81.9 Å². The number of aryl methyl sites for hydroxylation is 1. The van der Waals surface area contributed by atoms with Gasteiger partial charge in [-0.15, -0.1) is 11.3 Å². The van der Waals surface area contributed by atoms with E-state index in [1.165, 1.54) is 41.4 Å². The second kappa shape index (κ2) is 8.85. The van der Waals surface area contributed by atoms with Crippen LogP contribution in [0.1, 0.15) is 39.7 Å². The number of hydrogen-bond acceptors (Lipinski definition) is 4. The molecule has 160 valence electrons. The van der Waals surface area contributed by atoms with E-state index in [1.807, 2.05) is 32.0 Å². The molecule has 1 aromatic heterocycles. The van der Waals surface area contributed by atoms with Gasteiger partial charge in [0.05, 0.1) is 16.9 Å². The first-order valence-electron chi connectivity index (χ1n) is 9.30. The second-order valence-corrected chi connectivity index (χ2v) is 7.71. The lowest BCUT2D eigenvalue weighted by Crippen LogP contribution is -2.23. The number of amides is 1. The van der Waals surface area contributed by atoms with Crippen LogP contribution in [0.25, 0.3) is 6.08 Å². The fourth-order valence-electron chi connectivity index (χ4n) is 3.04. The SMILES string of the molecule is CC(=O)N(c1nc(C=CC(=O)c2ccccc2C(F)(F)F)cs1)c1cccc(C)c1C. The van der Waals surface area contributed by atoms with Gasteiger partial charge in [0.1, 0.15) is 0 Å². The van der Waals surface area contributed by atoms with E-state index in [1.54, 1.807) is 5.38 Å². The van der Waals surface area contributed by atoms with E-state index in [-0.39, 0.29) is 5.91 Å². The van der Waals surface area contributed by atoms with Crippen LogP contribution >= 0.6 is 11.3 Å². The summed E-state index contributed by atoms with van der Waals surface area (Å²) in [6.45, 7) is 5.28. The number of benzene rings is 2. The Balaban J connectivity index is 1.89. The van der Waals surface area contributed by atoms with Crippen molar-refractivity contribution in [3.8, 4) is 0 Å². The highest BCUT2D eigenvalue weighted by atomic mass is 32.1. The summed E-state index contributed by atoms with van der Waals surface area (Å²) in [6, 6.07) is 10.2. The summed E-state index contributed by atoms with van der Waals surface area (Å²) in [7, 11) is 0. The van der Waals surface area contributed by atoms with Crippen molar-refractivity contribution in [2.75, 3.05) is 4.90 Å². The lowest BCUT2D eigenvalue weighted by molar-refractivity contribution is -0.137. The van der Waals surface area contributed by atoms with E-state index < -0.39 is 23.1 Å². The molecule has 0 N–H and O–H groups in total. The number of nitrogens with zero attached hydrogens (tertiary/aromatic N) is 2. The Hall–Kier alpha value is -3.26. The Morgan fingerprint density at radius 1 is 1.06 bits per heavy atom. The summed E-state index contributed by atoms with van der Waals surface area (Å²) in [6.07, 6.45) is -2.22. The number of halogens is 3. The molecule has 1 heterocycles. The van der Waals surface area contributed by atoms with Crippen molar-refractivity contribution in [3.63, 3.8) is 0 Å². The van der Waals surface area contributed by atoms with Crippen LogP contribution in [0.4, 0.5) is 24.0 Å². The topological polar surface area (TPSA) is 50.3 Å². The van der Waals surface area contributed by atoms with Gasteiger partial charge in [0, 0.05) is 17.9 Å². The number of ketones is 1. The maximum Gasteiger partial charge on any atom is 0.417 e. The molecule has 0 aliphatic carbocycles. The quantitative estimate of drug-likeness (QED) is 0.340. The summed E-state index contributed by atoms with van der Waals surface area (Å²) in [5.74, 6) is -1.01. The minimum atomic E-state index is -4.62. The van der Waals surface area contributed by atoms with Crippen LogP contribution in [0.2, 0.25) is 0 Å². The van der Waals surface area contributed by atoms with Crippen molar-refractivity contribution in [1.82, 2.24) is 4.98 Å².